The Morgan fingerprint density at radius 2 is 2.00 bits per heavy atom. The highest BCUT2D eigenvalue weighted by Gasteiger charge is 2.32. The minimum Gasteiger partial charge on any atom is -0.337 e. The maximum Gasteiger partial charge on any atom is 0.416 e. The number of rotatable bonds is 5. The molecule has 30 heavy (non-hydrogen) atoms. The third-order valence-electron chi connectivity index (χ3n) is 5.22. The molecule has 0 radical (unpaired) electrons. The number of thiazole rings is 1. The number of halogens is 4. The number of unbranched alkanes of at least 4 members (excludes halogenated alkanes) is 1. The van der Waals surface area contributed by atoms with Gasteiger partial charge in [0.15, 0.2) is 0 Å². The van der Waals surface area contributed by atoms with E-state index in [0.29, 0.717) is 28.7 Å². The smallest absolute Gasteiger partial charge is 0.337 e. The van der Waals surface area contributed by atoms with Gasteiger partial charge in [0.2, 0.25) is 0 Å². The third kappa shape index (κ3) is 5.34. The van der Waals surface area contributed by atoms with Gasteiger partial charge >= 0.3 is 6.18 Å². The average Bonchev–Trinajstić information content (AvgIpc) is 2.92. The third-order valence-corrected chi connectivity index (χ3v) is 6.73. The lowest BCUT2D eigenvalue weighted by molar-refractivity contribution is -0.137. The molecule has 3 rings (SSSR count). The summed E-state index contributed by atoms with van der Waals surface area (Å²) in [6, 6.07) is 3.16. The van der Waals surface area contributed by atoms with Gasteiger partial charge in [0.05, 0.1) is 16.3 Å². The fraction of sp³-hybridized carbons (Fsp3) is 0.524. The molecule has 0 spiro atoms. The fourth-order valence-corrected chi connectivity index (χ4v) is 4.83. The molecule has 1 aliphatic rings. The second-order valence-corrected chi connectivity index (χ2v) is 8.87. The second kappa shape index (κ2) is 9.66. The fourth-order valence-electron chi connectivity index (χ4n) is 3.50. The summed E-state index contributed by atoms with van der Waals surface area (Å²) in [5.41, 5.74) is -0.0804. The lowest BCUT2D eigenvalue weighted by Gasteiger charge is -2.21. The van der Waals surface area contributed by atoms with Crippen molar-refractivity contribution >= 4 is 28.8 Å². The molecule has 164 valence electrons. The van der Waals surface area contributed by atoms with Gasteiger partial charge < -0.3 is 9.80 Å². The van der Waals surface area contributed by atoms with Gasteiger partial charge in [-0.1, -0.05) is 24.9 Å². The Bertz CT molecular complexity index is 900. The van der Waals surface area contributed by atoms with Crippen LogP contribution >= 0.6 is 22.9 Å². The summed E-state index contributed by atoms with van der Waals surface area (Å²) >= 11 is 7.25. The number of hydrogen-bond donors (Lipinski definition) is 0. The lowest BCUT2D eigenvalue weighted by atomic mass is 10.1. The van der Waals surface area contributed by atoms with Crippen LogP contribution in [0.25, 0.3) is 10.6 Å². The van der Waals surface area contributed by atoms with E-state index in [1.165, 1.54) is 6.07 Å². The molecule has 0 atom stereocenters. The van der Waals surface area contributed by atoms with E-state index >= 15 is 0 Å². The molecular weight excluding hydrogens is 435 g/mol. The first-order valence-corrected chi connectivity index (χ1v) is 11.3. The van der Waals surface area contributed by atoms with Crippen LogP contribution in [0.3, 0.4) is 0 Å². The Labute approximate surface area is 183 Å². The Hall–Kier alpha value is -1.64. The minimum atomic E-state index is -4.47. The van der Waals surface area contributed by atoms with E-state index in [-0.39, 0.29) is 16.5 Å². The maximum atomic E-state index is 13.1. The summed E-state index contributed by atoms with van der Waals surface area (Å²) in [4.78, 5) is 22.1. The quantitative estimate of drug-likeness (QED) is 0.572. The molecule has 1 aromatic heterocycles. The summed E-state index contributed by atoms with van der Waals surface area (Å²) in [7, 11) is 0. The Kier molecular flexibility index (Phi) is 7.42. The Morgan fingerprint density at radius 1 is 1.23 bits per heavy atom. The van der Waals surface area contributed by atoms with Crippen molar-refractivity contribution in [1.82, 2.24) is 14.8 Å². The molecule has 1 amide bonds. The molecule has 0 unspecified atom stereocenters. The van der Waals surface area contributed by atoms with Crippen LogP contribution < -0.4 is 0 Å². The van der Waals surface area contributed by atoms with E-state index in [9.17, 15) is 18.0 Å². The van der Waals surface area contributed by atoms with Gasteiger partial charge in [-0.05, 0) is 51.1 Å². The van der Waals surface area contributed by atoms with Crippen molar-refractivity contribution in [3.8, 4) is 10.6 Å². The van der Waals surface area contributed by atoms with Gasteiger partial charge in [-0.15, -0.1) is 11.3 Å². The van der Waals surface area contributed by atoms with Crippen molar-refractivity contribution in [2.24, 2.45) is 0 Å². The van der Waals surface area contributed by atoms with E-state index in [2.05, 4.69) is 16.8 Å². The van der Waals surface area contributed by atoms with E-state index in [4.69, 9.17) is 11.6 Å². The first-order chi connectivity index (χ1) is 14.2. The number of carbonyl (C=O) groups is 1. The summed E-state index contributed by atoms with van der Waals surface area (Å²) in [6.45, 7) is 8.01. The van der Waals surface area contributed by atoms with Crippen molar-refractivity contribution in [3.63, 3.8) is 0 Å². The Balaban J connectivity index is 1.80. The number of alkyl halides is 3. The number of benzene rings is 1. The van der Waals surface area contributed by atoms with Crippen LogP contribution in [0, 0.1) is 6.92 Å². The van der Waals surface area contributed by atoms with Crippen LogP contribution in [0.4, 0.5) is 13.2 Å². The zero-order valence-electron chi connectivity index (χ0n) is 17.1. The highest BCUT2D eigenvalue weighted by atomic mass is 35.5. The van der Waals surface area contributed by atoms with Gasteiger partial charge in [0.25, 0.3) is 5.91 Å². The summed E-state index contributed by atoms with van der Waals surface area (Å²) < 4.78 is 39.3. The average molecular weight is 460 g/mol. The van der Waals surface area contributed by atoms with E-state index in [1.54, 1.807) is 6.92 Å². The molecule has 0 N–H and O–H groups in total. The lowest BCUT2D eigenvalue weighted by Crippen LogP contribution is -2.35. The molecule has 2 heterocycles. The largest absolute Gasteiger partial charge is 0.416 e. The molecule has 9 heteroatoms. The highest BCUT2D eigenvalue weighted by Crippen LogP contribution is 2.38. The van der Waals surface area contributed by atoms with Gasteiger partial charge in [-0.3, -0.25) is 4.79 Å². The standard InChI is InChI=1S/C21H25ClF3N3OS/c1-3-4-8-27-9-5-10-28(12-11-27)20(29)18-14(2)26-19(30-18)16-13-15(21(23,24)25)6-7-17(16)22/h6-7,13H,3-5,8-12H2,1-2H3. The first kappa shape index (κ1) is 23.0. The molecule has 4 nitrogen and oxygen atoms in total. The minimum absolute atomic E-state index is 0.114. The summed E-state index contributed by atoms with van der Waals surface area (Å²) in [6.07, 6.45) is -1.29. The predicted molar refractivity (Wildman–Crippen MR) is 114 cm³/mol. The van der Waals surface area contributed by atoms with Crippen LogP contribution in [0.1, 0.15) is 47.1 Å². The Morgan fingerprint density at radius 3 is 2.70 bits per heavy atom. The molecular formula is C21H25ClF3N3OS. The highest BCUT2D eigenvalue weighted by molar-refractivity contribution is 7.17. The monoisotopic (exact) mass is 459 g/mol. The number of hydrogen-bond acceptors (Lipinski definition) is 4. The molecule has 2 aromatic rings. The summed E-state index contributed by atoms with van der Waals surface area (Å²) in [5.74, 6) is -0.114. The number of carbonyl (C=O) groups excluding carboxylic acids is 1. The topological polar surface area (TPSA) is 36.4 Å². The number of nitrogens with zero attached hydrogens (tertiary/aromatic N) is 3. The van der Waals surface area contributed by atoms with Crippen LogP contribution in [0.5, 0.6) is 0 Å². The van der Waals surface area contributed by atoms with Crippen molar-refractivity contribution in [2.75, 3.05) is 32.7 Å². The molecule has 1 saturated heterocycles. The number of aryl methyl sites for hydroxylation is 1. The van der Waals surface area contributed by atoms with Crippen molar-refractivity contribution < 1.29 is 18.0 Å². The molecule has 0 bridgehead atoms. The summed E-state index contributed by atoms with van der Waals surface area (Å²) in [5, 5.41) is 0.503. The van der Waals surface area contributed by atoms with Crippen LogP contribution in [0.15, 0.2) is 18.2 Å². The van der Waals surface area contributed by atoms with Crippen molar-refractivity contribution in [1.29, 1.82) is 0 Å². The van der Waals surface area contributed by atoms with Crippen molar-refractivity contribution in [3.05, 3.63) is 39.4 Å². The first-order valence-electron chi connectivity index (χ1n) is 10.1. The van der Waals surface area contributed by atoms with Crippen LogP contribution in [0.2, 0.25) is 5.02 Å². The molecule has 1 aliphatic heterocycles. The molecule has 0 aliphatic carbocycles. The number of amides is 1. The zero-order valence-corrected chi connectivity index (χ0v) is 18.6. The molecule has 1 fully saturated rings. The van der Waals surface area contributed by atoms with E-state index in [0.717, 1.165) is 62.4 Å². The van der Waals surface area contributed by atoms with E-state index in [1.807, 2.05) is 4.90 Å². The van der Waals surface area contributed by atoms with Crippen LogP contribution in [-0.4, -0.2) is 53.4 Å². The van der Waals surface area contributed by atoms with Crippen molar-refractivity contribution in [2.45, 2.75) is 39.3 Å². The molecule has 1 aromatic carbocycles. The van der Waals surface area contributed by atoms with Gasteiger partial charge in [0.1, 0.15) is 9.88 Å². The second-order valence-electron chi connectivity index (χ2n) is 7.47. The molecule has 0 saturated carbocycles. The number of aromatic nitrogens is 1. The van der Waals surface area contributed by atoms with E-state index < -0.39 is 11.7 Å². The maximum absolute atomic E-state index is 13.1. The van der Waals surface area contributed by atoms with Crippen LogP contribution in [-0.2, 0) is 6.18 Å². The van der Waals surface area contributed by atoms with Gasteiger partial charge in [-0.25, -0.2) is 4.98 Å². The van der Waals surface area contributed by atoms with Gasteiger partial charge in [-0.2, -0.15) is 13.2 Å². The normalized spacial score (nSPS) is 16.0. The van der Waals surface area contributed by atoms with Gasteiger partial charge in [0, 0.05) is 25.2 Å². The predicted octanol–water partition coefficient (Wildman–Crippen LogP) is 5.74. The SMILES string of the molecule is CCCCN1CCCN(C(=O)c2sc(-c3cc(C(F)(F)F)ccc3Cl)nc2C)CC1. The zero-order chi connectivity index (χ0) is 21.9.